The van der Waals surface area contributed by atoms with Gasteiger partial charge in [-0.25, -0.2) is 4.39 Å². The van der Waals surface area contributed by atoms with E-state index in [0.29, 0.717) is 11.6 Å². The van der Waals surface area contributed by atoms with Crippen LogP contribution in [0.2, 0.25) is 5.02 Å². The number of halogens is 2. The summed E-state index contributed by atoms with van der Waals surface area (Å²) in [4.78, 5) is 0. The Balaban J connectivity index is 1.87. The second-order valence-electron chi connectivity index (χ2n) is 4.64. The molecule has 0 radical (unpaired) electrons. The SMILES string of the molecule is CC1(CNCc2cc(F)ccc2Cl)COC1. The molecule has 88 valence electrons. The summed E-state index contributed by atoms with van der Waals surface area (Å²) in [6, 6.07) is 4.42. The molecule has 1 N–H and O–H groups in total. The van der Waals surface area contributed by atoms with Gasteiger partial charge in [-0.15, -0.1) is 0 Å². The van der Waals surface area contributed by atoms with Crippen LogP contribution in [-0.4, -0.2) is 19.8 Å². The van der Waals surface area contributed by atoms with Crippen LogP contribution in [0.5, 0.6) is 0 Å². The molecular formula is C12H15ClFNO. The van der Waals surface area contributed by atoms with Crippen LogP contribution in [0.3, 0.4) is 0 Å². The zero-order chi connectivity index (χ0) is 11.6. The first-order valence-electron chi connectivity index (χ1n) is 5.31. The molecule has 1 heterocycles. The molecule has 0 aromatic heterocycles. The first-order chi connectivity index (χ1) is 7.59. The zero-order valence-electron chi connectivity index (χ0n) is 9.22. The fraction of sp³-hybridized carbons (Fsp3) is 0.500. The van der Waals surface area contributed by atoms with E-state index < -0.39 is 0 Å². The third-order valence-electron chi connectivity index (χ3n) is 2.78. The van der Waals surface area contributed by atoms with Crippen molar-refractivity contribution in [3.05, 3.63) is 34.6 Å². The molecule has 4 heteroatoms. The van der Waals surface area contributed by atoms with Crippen molar-refractivity contribution in [2.45, 2.75) is 13.5 Å². The van der Waals surface area contributed by atoms with Crippen molar-refractivity contribution in [2.75, 3.05) is 19.8 Å². The molecule has 0 atom stereocenters. The van der Waals surface area contributed by atoms with Crippen molar-refractivity contribution in [1.82, 2.24) is 5.32 Å². The lowest BCUT2D eigenvalue weighted by Gasteiger charge is -2.38. The third-order valence-corrected chi connectivity index (χ3v) is 3.14. The van der Waals surface area contributed by atoms with Gasteiger partial charge in [0.2, 0.25) is 0 Å². The van der Waals surface area contributed by atoms with E-state index in [1.54, 1.807) is 6.07 Å². The number of hydrogen-bond acceptors (Lipinski definition) is 2. The predicted molar refractivity (Wildman–Crippen MR) is 62.0 cm³/mol. The highest BCUT2D eigenvalue weighted by atomic mass is 35.5. The number of benzene rings is 1. The first kappa shape index (κ1) is 11.8. The van der Waals surface area contributed by atoms with Crippen molar-refractivity contribution in [1.29, 1.82) is 0 Å². The van der Waals surface area contributed by atoms with E-state index in [4.69, 9.17) is 16.3 Å². The Kier molecular flexibility index (Phi) is 3.47. The van der Waals surface area contributed by atoms with Gasteiger partial charge in [0.15, 0.2) is 0 Å². The Labute approximate surface area is 99.7 Å². The van der Waals surface area contributed by atoms with Gasteiger partial charge < -0.3 is 10.1 Å². The largest absolute Gasteiger partial charge is 0.380 e. The molecule has 1 aliphatic rings. The van der Waals surface area contributed by atoms with E-state index in [1.165, 1.54) is 12.1 Å². The number of nitrogens with one attached hydrogen (secondary N) is 1. The van der Waals surface area contributed by atoms with Crippen LogP contribution in [0, 0.1) is 11.2 Å². The van der Waals surface area contributed by atoms with Crippen LogP contribution in [0.4, 0.5) is 4.39 Å². The van der Waals surface area contributed by atoms with Gasteiger partial charge >= 0.3 is 0 Å². The highest BCUT2D eigenvalue weighted by Crippen LogP contribution is 2.25. The lowest BCUT2D eigenvalue weighted by atomic mass is 9.89. The minimum atomic E-state index is -0.251. The Morgan fingerprint density at radius 1 is 1.50 bits per heavy atom. The minimum absolute atomic E-state index is 0.222. The lowest BCUT2D eigenvalue weighted by Crippen LogP contribution is -2.47. The van der Waals surface area contributed by atoms with Crippen LogP contribution < -0.4 is 5.32 Å². The quantitative estimate of drug-likeness (QED) is 0.878. The van der Waals surface area contributed by atoms with E-state index in [0.717, 1.165) is 25.3 Å². The molecule has 0 spiro atoms. The normalized spacial score (nSPS) is 18.2. The van der Waals surface area contributed by atoms with E-state index >= 15 is 0 Å². The van der Waals surface area contributed by atoms with Gasteiger partial charge in [0.25, 0.3) is 0 Å². The van der Waals surface area contributed by atoms with Crippen molar-refractivity contribution >= 4 is 11.6 Å². The highest BCUT2D eigenvalue weighted by molar-refractivity contribution is 6.31. The van der Waals surface area contributed by atoms with Crippen LogP contribution in [0.1, 0.15) is 12.5 Å². The van der Waals surface area contributed by atoms with E-state index in [1.807, 2.05) is 0 Å². The smallest absolute Gasteiger partial charge is 0.123 e. The molecule has 2 nitrogen and oxygen atoms in total. The second kappa shape index (κ2) is 4.70. The summed E-state index contributed by atoms with van der Waals surface area (Å²) < 4.78 is 18.1. The maximum absolute atomic E-state index is 13.0. The Bertz CT molecular complexity index is 379. The molecule has 1 saturated heterocycles. The first-order valence-corrected chi connectivity index (χ1v) is 5.69. The van der Waals surface area contributed by atoms with E-state index in [2.05, 4.69) is 12.2 Å². The summed E-state index contributed by atoms with van der Waals surface area (Å²) in [7, 11) is 0. The lowest BCUT2D eigenvalue weighted by molar-refractivity contribution is -0.0991. The van der Waals surface area contributed by atoms with Crippen molar-refractivity contribution in [2.24, 2.45) is 5.41 Å². The molecule has 1 fully saturated rings. The van der Waals surface area contributed by atoms with Crippen molar-refractivity contribution < 1.29 is 9.13 Å². The molecule has 1 aliphatic heterocycles. The van der Waals surface area contributed by atoms with E-state index in [9.17, 15) is 4.39 Å². The number of ether oxygens (including phenoxy) is 1. The Morgan fingerprint density at radius 3 is 2.88 bits per heavy atom. The second-order valence-corrected chi connectivity index (χ2v) is 5.05. The summed E-state index contributed by atoms with van der Waals surface area (Å²) >= 11 is 5.96. The van der Waals surface area contributed by atoms with Gasteiger partial charge in [0.1, 0.15) is 5.82 Å². The van der Waals surface area contributed by atoms with E-state index in [-0.39, 0.29) is 11.2 Å². The van der Waals surface area contributed by atoms with Gasteiger partial charge in [-0.05, 0) is 23.8 Å². The van der Waals surface area contributed by atoms with Gasteiger partial charge in [-0.2, -0.15) is 0 Å². The van der Waals surface area contributed by atoms with Gasteiger partial charge in [0.05, 0.1) is 13.2 Å². The topological polar surface area (TPSA) is 21.3 Å². The van der Waals surface area contributed by atoms with Crippen molar-refractivity contribution in [3.8, 4) is 0 Å². The molecule has 1 aromatic rings. The fourth-order valence-electron chi connectivity index (χ4n) is 1.73. The van der Waals surface area contributed by atoms with Gasteiger partial charge in [0, 0.05) is 23.5 Å². The predicted octanol–water partition coefficient (Wildman–Crippen LogP) is 2.61. The van der Waals surface area contributed by atoms with Crippen LogP contribution in [0.25, 0.3) is 0 Å². The Morgan fingerprint density at radius 2 is 2.25 bits per heavy atom. The maximum Gasteiger partial charge on any atom is 0.123 e. The summed E-state index contributed by atoms with van der Waals surface area (Å²) in [5.74, 6) is -0.251. The zero-order valence-corrected chi connectivity index (χ0v) is 9.98. The highest BCUT2D eigenvalue weighted by Gasteiger charge is 2.32. The summed E-state index contributed by atoms with van der Waals surface area (Å²) in [5, 5.41) is 3.88. The molecule has 0 saturated carbocycles. The van der Waals surface area contributed by atoms with Gasteiger partial charge in [-0.3, -0.25) is 0 Å². The molecule has 0 aliphatic carbocycles. The Hall–Kier alpha value is -0.640. The number of hydrogen-bond donors (Lipinski definition) is 1. The summed E-state index contributed by atoms with van der Waals surface area (Å²) in [5.41, 5.74) is 1.02. The molecule has 1 aromatic carbocycles. The molecule has 2 rings (SSSR count). The molecule has 0 unspecified atom stereocenters. The fourth-order valence-corrected chi connectivity index (χ4v) is 1.91. The molecular weight excluding hydrogens is 229 g/mol. The average molecular weight is 244 g/mol. The van der Waals surface area contributed by atoms with Crippen LogP contribution in [0.15, 0.2) is 18.2 Å². The minimum Gasteiger partial charge on any atom is -0.380 e. The van der Waals surface area contributed by atoms with Crippen LogP contribution in [-0.2, 0) is 11.3 Å². The molecule has 0 bridgehead atoms. The third kappa shape index (κ3) is 2.73. The summed E-state index contributed by atoms with van der Waals surface area (Å²) in [6.07, 6.45) is 0. The monoisotopic (exact) mass is 243 g/mol. The summed E-state index contributed by atoms with van der Waals surface area (Å²) in [6.45, 7) is 5.19. The maximum atomic E-state index is 13.0. The molecule has 0 amide bonds. The average Bonchev–Trinajstić information content (AvgIpc) is 2.21. The van der Waals surface area contributed by atoms with Gasteiger partial charge in [-0.1, -0.05) is 18.5 Å². The number of rotatable bonds is 4. The van der Waals surface area contributed by atoms with Crippen molar-refractivity contribution in [3.63, 3.8) is 0 Å². The standard InChI is InChI=1S/C12H15ClFNO/c1-12(7-16-8-12)6-15-5-9-4-10(14)2-3-11(9)13/h2-4,15H,5-8H2,1H3. The van der Waals surface area contributed by atoms with Crippen LogP contribution >= 0.6 is 11.6 Å². The molecule has 16 heavy (non-hydrogen) atoms.